The Bertz CT molecular complexity index is 5600. The predicted molar refractivity (Wildman–Crippen MR) is 444 cm³/mol. The molecule has 0 bridgehead atoms. The molecule has 0 amide bonds. The molecule has 0 unspecified atom stereocenters. The van der Waals surface area contributed by atoms with Crippen LogP contribution < -0.4 is 0 Å². The molecule has 1 heterocycles. The average Bonchev–Trinajstić information content (AvgIpc) is 1.58. The minimum Gasteiger partial charge on any atom is -0.304 e. The van der Waals surface area contributed by atoms with E-state index in [9.17, 15) is 0 Å². The molecule has 4 aliphatic carbocycles. The quantitative estimate of drug-likeness (QED) is 0.145. The van der Waals surface area contributed by atoms with Crippen molar-refractivity contribution in [2.75, 3.05) is 0 Å². The SMILES string of the molecule is CC(C)(C)c1ccc2c(c1)C(C)(C)c1cc(-c3cc(-c4ccc5c(c4)C(C)(C)c4cc(C(C)(C)C)ccc4-5)cc(-c4cc[c-]c(-c5nccc6c(-c7cc(-c8ccc9c(c8)C(C)(C)c8cc(C(C)(C)C)ccc8-9)cc(-c8ccc9c(c8)C(C)(C)c8cc(C(C)(C)C)ccc8-9)c7)cccc56)c4F)c3)ccc1-2.[Ir]. The number of pyridine rings is 1. The number of aromatic nitrogens is 1. The van der Waals surface area contributed by atoms with Crippen LogP contribution in [-0.2, 0) is 63.4 Å². The van der Waals surface area contributed by atoms with E-state index in [1.165, 1.54) is 122 Å². The van der Waals surface area contributed by atoms with Gasteiger partial charge in [0, 0.05) is 53.8 Å². The van der Waals surface area contributed by atoms with Gasteiger partial charge in [0.15, 0.2) is 0 Å². The maximum absolute atomic E-state index is 18.8. The Balaban J connectivity index is 0.00000861. The molecule has 0 aliphatic heterocycles. The molecule has 0 saturated carbocycles. The molecule has 0 fully saturated rings. The van der Waals surface area contributed by atoms with Crippen LogP contribution >= 0.6 is 0 Å². The summed E-state index contributed by atoms with van der Waals surface area (Å²) < 4.78 is 18.8. The minimum absolute atomic E-state index is 0. The van der Waals surface area contributed by atoms with Gasteiger partial charge in [0.05, 0.1) is 0 Å². The number of benzene rings is 12. The van der Waals surface area contributed by atoms with Gasteiger partial charge < -0.3 is 4.98 Å². The Morgan fingerprint density at radius 2 is 0.557 bits per heavy atom. The topological polar surface area (TPSA) is 12.9 Å². The third-order valence-corrected chi connectivity index (χ3v) is 25.0. The second kappa shape index (κ2) is 24.1. The average molecular weight is 1560 g/mol. The van der Waals surface area contributed by atoms with E-state index in [-0.39, 0.29) is 69.2 Å². The van der Waals surface area contributed by atoms with Crippen molar-refractivity contribution in [1.29, 1.82) is 0 Å². The van der Waals surface area contributed by atoms with E-state index in [0.29, 0.717) is 16.8 Å². The van der Waals surface area contributed by atoms with Crippen LogP contribution in [0.4, 0.5) is 4.39 Å². The molecule has 1 radical (unpaired) electrons. The fourth-order valence-electron chi connectivity index (χ4n) is 18.3. The molecular formula is C103H97FIrN-. The molecule has 4 aliphatic rings. The first-order valence-corrected chi connectivity index (χ1v) is 38.1. The summed E-state index contributed by atoms with van der Waals surface area (Å²) in [6.45, 7) is 46.7. The molecule has 1 aromatic heterocycles. The number of fused-ring (bicyclic) bond motifs is 13. The molecule has 12 aromatic carbocycles. The summed E-state index contributed by atoms with van der Waals surface area (Å²) in [5.41, 5.74) is 38.9. The van der Waals surface area contributed by atoms with E-state index in [1.807, 2.05) is 18.3 Å². The summed E-state index contributed by atoms with van der Waals surface area (Å²) >= 11 is 0. The van der Waals surface area contributed by atoms with Gasteiger partial charge in [-0.2, -0.15) is 0 Å². The monoisotopic (exact) mass is 1560 g/mol. The van der Waals surface area contributed by atoms with E-state index in [2.05, 4.69) is 351 Å². The molecular weight excluding hydrogens is 1460 g/mol. The third-order valence-electron chi connectivity index (χ3n) is 25.0. The molecule has 3 heteroatoms. The number of rotatable bonds is 7. The van der Waals surface area contributed by atoms with Crippen LogP contribution in [0.3, 0.4) is 0 Å². The Morgan fingerprint density at radius 1 is 0.274 bits per heavy atom. The number of halogens is 1. The standard InChI is InChI=1S/C103H97FN.Ir/c1-96(2,3)69-31-39-80-76-35-27-59(51-86(76)100(13,14)90(80)55-69)63-45-64(60-28-36-77-81-40-32-70(97(4,5)6)56-91(81)101(15,16)87(77)52-60)48-67(47-63)73-23-21-25-84-75(73)43-44-105-95(84)85-26-22-24-74(94(85)104)68-49-65(61-29-37-78-82-41-33-71(98(7,8)9)57-92(82)102(17,18)88(78)53-61)46-66(50-68)62-30-38-79-83-42-34-72(99(10,11)12)58-93(83)103(19,20)89(79)54-62;/h21-25,27-58H,1-20H3;/q-1;. The van der Waals surface area contributed by atoms with Gasteiger partial charge in [-0.25, -0.2) is 0 Å². The van der Waals surface area contributed by atoms with Crippen LogP contribution in [0, 0.1) is 11.9 Å². The Labute approximate surface area is 643 Å². The summed E-state index contributed by atoms with van der Waals surface area (Å²) in [7, 11) is 0. The second-order valence-corrected chi connectivity index (χ2v) is 37.3. The maximum atomic E-state index is 18.8. The Hall–Kier alpha value is -9.37. The van der Waals surface area contributed by atoms with Crippen LogP contribution in [0.2, 0.25) is 0 Å². The summed E-state index contributed by atoms with van der Waals surface area (Å²) in [5.74, 6) is -0.358. The summed E-state index contributed by atoms with van der Waals surface area (Å²) in [5, 5.41) is 1.84. The van der Waals surface area contributed by atoms with Crippen LogP contribution in [0.5, 0.6) is 0 Å². The van der Waals surface area contributed by atoms with Gasteiger partial charge >= 0.3 is 0 Å². The fraction of sp³-hybridized carbons (Fsp3) is 0.272. The summed E-state index contributed by atoms with van der Waals surface area (Å²) in [6.07, 6.45) is 1.86. The van der Waals surface area contributed by atoms with E-state index < -0.39 is 0 Å². The van der Waals surface area contributed by atoms with E-state index in [1.54, 1.807) is 0 Å². The molecule has 531 valence electrons. The van der Waals surface area contributed by atoms with E-state index in [4.69, 9.17) is 4.98 Å². The van der Waals surface area contributed by atoms with Crippen molar-refractivity contribution in [3.63, 3.8) is 0 Å². The molecule has 0 N–H and O–H groups in total. The fourth-order valence-corrected chi connectivity index (χ4v) is 18.3. The summed E-state index contributed by atoms with van der Waals surface area (Å²) in [6, 6.07) is 86.4. The van der Waals surface area contributed by atoms with E-state index >= 15 is 4.39 Å². The van der Waals surface area contributed by atoms with Crippen molar-refractivity contribution < 1.29 is 24.5 Å². The van der Waals surface area contributed by atoms with Gasteiger partial charge in [-0.1, -0.05) is 289 Å². The van der Waals surface area contributed by atoms with Crippen LogP contribution in [-0.4, -0.2) is 4.98 Å². The largest absolute Gasteiger partial charge is 0.304 e. The van der Waals surface area contributed by atoms with Crippen molar-refractivity contribution in [1.82, 2.24) is 4.98 Å². The zero-order valence-corrected chi connectivity index (χ0v) is 67.9. The molecule has 0 saturated heterocycles. The number of hydrogen-bond donors (Lipinski definition) is 0. The molecule has 0 atom stereocenters. The van der Waals surface area contributed by atoms with Crippen molar-refractivity contribution >= 4 is 10.8 Å². The Morgan fingerprint density at radius 3 is 0.868 bits per heavy atom. The first-order chi connectivity index (χ1) is 49.5. The maximum Gasteiger partial charge on any atom is 0.0458 e. The molecule has 13 aromatic rings. The van der Waals surface area contributed by atoms with Gasteiger partial charge in [-0.15, -0.1) is 18.2 Å². The van der Waals surface area contributed by atoms with Gasteiger partial charge in [0.25, 0.3) is 0 Å². The zero-order chi connectivity index (χ0) is 73.9. The predicted octanol–water partition coefficient (Wildman–Crippen LogP) is 28.3. The summed E-state index contributed by atoms with van der Waals surface area (Å²) in [4.78, 5) is 5.13. The van der Waals surface area contributed by atoms with Crippen molar-refractivity contribution in [2.45, 2.75) is 182 Å². The molecule has 17 rings (SSSR count). The third kappa shape index (κ3) is 11.2. The Kier molecular flexibility index (Phi) is 16.1. The molecule has 1 nitrogen and oxygen atoms in total. The van der Waals surface area contributed by atoms with Gasteiger partial charge in [0.2, 0.25) is 0 Å². The second-order valence-electron chi connectivity index (χ2n) is 37.3. The van der Waals surface area contributed by atoms with Gasteiger partial charge in [-0.05, 0) is 277 Å². The van der Waals surface area contributed by atoms with Crippen molar-refractivity contribution in [3.05, 3.63) is 303 Å². The zero-order valence-electron chi connectivity index (χ0n) is 65.5. The normalized spacial score (nSPS) is 15.3. The van der Waals surface area contributed by atoms with Crippen molar-refractivity contribution in [3.8, 4) is 123 Å². The van der Waals surface area contributed by atoms with Crippen molar-refractivity contribution in [2.24, 2.45) is 0 Å². The number of hydrogen-bond acceptors (Lipinski definition) is 1. The van der Waals surface area contributed by atoms with Crippen LogP contribution in [0.15, 0.2) is 225 Å². The van der Waals surface area contributed by atoms with E-state index in [0.717, 1.165) is 60.8 Å². The van der Waals surface area contributed by atoms with Gasteiger partial charge in [-0.3, -0.25) is 4.39 Å². The first-order valence-electron chi connectivity index (χ1n) is 38.1. The van der Waals surface area contributed by atoms with Crippen LogP contribution in [0.25, 0.3) is 133 Å². The smallest absolute Gasteiger partial charge is 0.0458 e. The molecule has 0 spiro atoms. The first kappa shape index (κ1) is 70.9. The number of nitrogens with zero attached hydrogens (tertiary/aromatic N) is 1. The van der Waals surface area contributed by atoms with Gasteiger partial charge in [0.1, 0.15) is 0 Å². The van der Waals surface area contributed by atoms with Crippen LogP contribution in [0.1, 0.15) is 205 Å². The minimum atomic E-state index is -0.358. The molecule has 106 heavy (non-hydrogen) atoms.